The van der Waals surface area contributed by atoms with Crippen LogP contribution < -0.4 is 15.8 Å². The lowest BCUT2D eigenvalue weighted by atomic mass is 10.3. The summed E-state index contributed by atoms with van der Waals surface area (Å²) in [5.74, 6) is -3.16. The number of anilines is 1. The Balaban J connectivity index is 2.20. The first-order valence-corrected chi connectivity index (χ1v) is 7.76. The number of sulfonamides is 1. The van der Waals surface area contributed by atoms with Crippen molar-refractivity contribution >= 4 is 21.6 Å². The number of carbonyl (C=O) groups excluding carboxylic acids is 1. The number of nitrogens with one attached hydrogen (secondary N) is 2. The topological polar surface area (TPSA) is 101 Å². The van der Waals surface area contributed by atoms with E-state index in [-0.39, 0.29) is 11.7 Å². The molecule has 1 atom stereocenters. The van der Waals surface area contributed by atoms with Crippen LogP contribution >= 0.6 is 0 Å². The number of benzene rings is 1. The van der Waals surface area contributed by atoms with E-state index in [9.17, 15) is 22.0 Å². The molecule has 6 nitrogen and oxygen atoms in total. The monoisotopic (exact) mass is 319 g/mol. The van der Waals surface area contributed by atoms with E-state index >= 15 is 0 Å². The third-order valence-corrected chi connectivity index (χ3v) is 4.53. The standard InChI is InChI=1S/C12H15F2N3O3S/c1-6(12(18)16-8-2-3-8)17-21(19,20)11-9(13)4-7(15)5-10(11)14/h4-6,8,17H,2-3,15H2,1H3,(H,16,18). The minimum atomic E-state index is -4.51. The molecule has 1 aromatic carbocycles. The summed E-state index contributed by atoms with van der Waals surface area (Å²) in [6, 6.07) is 0.306. The summed E-state index contributed by atoms with van der Waals surface area (Å²) in [6.07, 6.45) is 1.68. The molecule has 21 heavy (non-hydrogen) atoms. The van der Waals surface area contributed by atoms with Crippen molar-refractivity contribution in [2.75, 3.05) is 5.73 Å². The largest absolute Gasteiger partial charge is 0.399 e. The molecule has 0 heterocycles. The van der Waals surface area contributed by atoms with Crippen LogP contribution in [0.3, 0.4) is 0 Å². The van der Waals surface area contributed by atoms with Gasteiger partial charge < -0.3 is 11.1 Å². The fourth-order valence-corrected chi connectivity index (χ4v) is 3.06. The van der Waals surface area contributed by atoms with E-state index in [1.54, 1.807) is 0 Å². The van der Waals surface area contributed by atoms with Crippen LogP contribution in [0.25, 0.3) is 0 Å². The molecule has 0 aliphatic heterocycles. The molecule has 0 radical (unpaired) electrons. The Bertz CT molecular complexity index is 651. The molecular formula is C12H15F2N3O3S. The molecular weight excluding hydrogens is 304 g/mol. The highest BCUT2D eigenvalue weighted by atomic mass is 32.2. The summed E-state index contributed by atoms with van der Waals surface area (Å²) in [6.45, 7) is 1.29. The minimum Gasteiger partial charge on any atom is -0.399 e. The van der Waals surface area contributed by atoms with Gasteiger partial charge >= 0.3 is 0 Å². The molecule has 1 unspecified atom stereocenters. The second-order valence-electron chi connectivity index (χ2n) is 4.94. The molecule has 0 aromatic heterocycles. The van der Waals surface area contributed by atoms with Crippen molar-refractivity contribution in [3.8, 4) is 0 Å². The first-order chi connectivity index (χ1) is 9.70. The predicted octanol–water partition coefficient (Wildman–Crippen LogP) is 0.492. The van der Waals surface area contributed by atoms with Crippen molar-refractivity contribution in [3.05, 3.63) is 23.8 Å². The predicted molar refractivity (Wildman–Crippen MR) is 71.7 cm³/mol. The van der Waals surface area contributed by atoms with E-state index in [2.05, 4.69) is 5.32 Å². The molecule has 1 saturated carbocycles. The van der Waals surface area contributed by atoms with E-state index in [4.69, 9.17) is 5.73 Å². The average molecular weight is 319 g/mol. The molecule has 0 spiro atoms. The van der Waals surface area contributed by atoms with Gasteiger partial charge in [0.1, 0.15) is 11.6 Å². The highest BCUT2D eigenvalue weighted by Gasteiger charge is 2.30. The SMILES string of the molecule is CC(NS(=O)(=O)c1c(F)cc(N)cc1F)C(=O)NC1CC1. The van der Waals surface area contributed by atoms with Crippen LogP contribution in [0.2, 0.25) is 0 Å². The average Bonchev–Trinajstić information content (AvgIpc) is 3.09. The number of nitrogens with two attached hydrogens (primary N) is 1. The lowest BCUT2D eigenvalue weighted by molar-refractivity contribution is -0.122. The number of halogens is 2. The molecule has 1 amide bonds. The maximum absolute atomic E-state index is 13.6. The van der Waals surface area contributed by atoms with Crippen LogP contribution in [0, 0.1) is 11.6 Å². The maximum atomic E-state index is 13.6. The molecule has 2 rings (SSSR count). The third-order valence-electron chi connectivity index (χ3n) is 2.94. The van der Waals surface area contributed by atoms with Gasteiger partial charge in [0.05, 0.1) is 6.04 Å². The Hall–Kier alpha value is -1.74. The van der Waals surface area contributed by atoms with Gasteiger partial charge in [-0.15, -0.1) is 0 Å². The minimum absolute atomic E-state index is 0.0504. The second kappa shape index (κ2) is 5.57. The Morgan fingerprint density at radius 3 is 2.33 bits per heavy atom. The number of amides is 1. The fourth-order valence-electron chi connectivity index (χ4n) is 1.74. The van der Waals surface area contributed by atoms with Gasteiger partial charge in [-0.2, -0.15) is 4.72 Å². The summed E-state index contributed by atoms with van der Waals surface area (Å²) in [7, 11) is -4.51. The molecule has 4 N–H and O–H groups in total. The van der Waals surface area contributed by atoms with E-state index in [1.165, 1.54) is 6.92 Å². The van der Waals surface area contributed by atoms with Gasteiger partial charge in [-0.25, -0.2) is 17.2 Å². The number of hydrogen-bond donors (Lipinski definition) is 3. The van der Waals surface area contributed by atoms with Crippen molar-refractivity contribution in [1.29, 1.82) is 0 Å². The van der Waals surface area contributed by atoms with Crippen LogP contribution in [0.1, 0.15) is 19.8 Å². The highest BCUT2D eigenvalue weighted by molar-refractivity contribution is 7.89. The molecule has 1 aliphatic carbocycles. The number of rotatable bonds is 5. The first-order valence-electron chi connectivity index (χ1n) is 6.28. The maximum Gasteiger partial charge on any atom is 0.247 e. The van der Waals surface area contributed by atoms with Crippen LogP contribution in [0.4, 0.5) is 14.5 Å². The zero-order valence-corrected chi connectivity index (χ0v) is 12.0. The van der Waals surface area contributed by atoms with Crippen molar-refractivity contribution in [2.24, 2.45) is 0 Å². The molecule has 0 bridgehead atoms. The smallest absolute Gasteiger partial charge is 0.247 e. The highest BCUT2D eigenvalue weighted by Crippen LogP contribution is 2.22. The number of hydrogen-bond acceptors (Lipinski definition) is 4. The van der Waals surface area contributed by atoms with E-state index in [1.807, 2.05) is 4.72 Å². The lowest BCUT2D eigenvalue weighted by Gasteiger charge is -2.15. The zero-order valence-electron chi connectivity index (χ0n) is 11.2. The van der Waals surface area contributed by atoms with Crippen LogP contribution in [-0.2, 0) is 14.8 Å². The summed E-state index contributed by atoms with van der Waals surface area (Å²) in [5, 5.41) is 2.59. The van der Waals surface area contributed by atoms with E-state index in [0.29, 0.717) is 12.1 Å². The summed E-state index contributed by atoms with van der Waals surface area (Å²) in [5.41, 5.74) is 4.99. The van der Waals surface area contributed by atoms with E-state index < -0.39 is 38.5 Å². The van der Waals surface area contributed by atoms with Crippen molar-refractivity contribution in [3.63, 3.8) is 0 Å². The Labute approximate surface area is 120 Å². The molecule has 9 heteroatoms. The van der Waals surface area contributed by atoms with Crippen LogP contribution in [-0.4, -0.2) is 26.4 Å². The van der Waals surface area contributed by atoms with Gasteiger partial charge in [0, 0.05) is 11.7 Å². The summed E-state index contributed by atoms with van der Waals surface area (Å²) < 4.78 is 53.2. The van der Waals surface area contributed by atoms with Gasteiger partial charge in [-0.05, 0) is 31.9 Å². The van der Waals surface area contributed by atoms with E-state index in [0.717, 1.165) is 12.8 Å². The number of carbonyl (C=O) groups is 1. The molecule has 1 aromatic rings. The fraction of sp³-hybridized carbons (Fsp3) is 0.417. The lowest BCUT2D eigenvalue weighted by Crippen LogP contribution is -2.45. The van der Waals surface area contributed by atoms with Gasteiger partial charge in [0.2, 0.25) is 15.9 Å². The van der Waals surface area contributed by atoms with Crippen LogP contribution in [0.5, 0.6) is 0 Å². The van der Waals surface area contributed by atoms with Crippen LogP contribution in [0.15, 0.2) is 17.0 Å². The Morgan fingerprint density at radius 1 is 1.33 bits per heavy atom. The molecule has 1 aliphatic rings. The molecule has 1 fully saturated rings. The van der Waals surface area contributed by atoms with Gasteiger partial charge in [0.15, 0.2) is 4.90 Å². The van der Waals surface area contributed by atoms with Crippen molar-refractivity contribution < 1.29 is 22.0 Å². The van der Waals surface area contributed by atoms with Gasteiger partial charge in [-0.3, -0.25) is 4.79 Å². The third kappa shape index (κ3) is 3.67. The van der Waals surface area contributed by atoms with Gasteiger partial charge in [-0.1, -0.05) is 0 Å². The molecule has 0 saturated heterocycles. The Morgan fingerprint density at radius 2 is 1.86 bits per heavy atom. The normalized spacial score (nSPS) is 16.5. The quantitative estimate of drug-likeness (QED) is 0.688. The molecule has 116 valence electrons. The van der Waals surface area contributed by atoms with Gasteiger partial charge in [0.25, 0.3) is 0 Å². The van der Waals surface area contributed by atoms with Crippen molar-refractivity contribution in [1.82, 2.24) is 10.0 Å². The summed E-state index contributed by atoms with van der Waals surface area (Å²) >= 11 is 0. The first kappa shape index (κ1) is 15.6. The second-order valence-corrected chi connectivity index (χ2v) is 6.59. The summed E-state index contributed by atoms with van der Waals surface area (Å²) in [4.78, 5) is 10.5. The zero-order chi connectivity index (χ0) is 15.8. The van der Waals surface area contributed by atoms with Crippen molar-refractivity contribution in [2.45, 2.75) is 36.7 Å². The number of nitrogen functional groups attached to an aromatic ring is 1. The Kier molecular flexibility index (Phi) is 4.15.